The summed E-state index contributed by atoms with van der Waals surface area (Å²) < 4.78 is 5.16. The fourth-order valence-corrected chi connectivity index (χ4v) is 1.76. The number of carbonyl (C=O) groups excluding carboxylic acids is 1. The lowest BCUT2D eigenvalue weighted by atomic mass is 10.1. The van der Waals surface area contributed by atoms with Crippen LogP contribution in [0.15, 0.2) is 11.6 Å². The summed E-state index contributed by atoms with van der Waals surface area (Å²) >= 11 is 0. The molecular weight excluding hydrogens is 154 g/mol. The highest BCUT2D eigenvalue weighted by atomic mass is 16.5. The van der Waals surface area contributed by atoms with Crippen LogP contribution in [0, 0.1) is 0 Å². The predicted octanol–water partition coefficient (Wildman–Crippen LogP) is 0.610. The molecule has 2 aliphatic heterocycles. The Balaban J connectivity index is 2.02. The van der Waals surface area contributed by atoms with Crippen molar-refractivity contribution in [3.63, 3.8) is 0 Å². The highest BCUT2D eigenvalue weighted by Crippen LogP contribution is 2.20. The molecule has 2 heterocycles. The Morgan fingerprint density at radius 2 is 2.50 bits per heavy atom. The zero-order chi connectivity index (χ0) is 8.55. The van der Waals surface area contributed by atoms with Gasteiger partial charge in [0.15, 0.2) is 0 Å². The van der Waals surface area contributed by atoms with Crippen LogP contribution >= 0.6 is 0 Å². The van der Waals surface area contributed by atoms with Gasteiger partial charge in [0.2, 0.25) is 0 Å². The average molecular weight is 167 g/mol. The van der Waals surface area contributed by atoms with Crippen LogP contribution in [0.2, 0.25) is 0 Å². The van der Waals surface area contributed by atoms with Gasteiger partial charge in [0.25, 0.3) is 0 Å². The number of ether oxygens (including phenoxy) is 1. The maximum atomic E-state index is 11.0. The number of esters is 1. The highest BCUT2D eigenvalue weighted by molar-refractivity contribution is 5.90. The molecule has 1 fully saturated rings. The van der Waals surface area contributed by atoms with Crippen LogP contribution in [-0.2, 0) is 9.53 Å². The summed E-state index contributed by atoms with van der Waals surface area (Å²) in [7, 11) is 0. The first-order valence-electron chi connectivity index (χ1n) is 4.40. The number of hydrogen-bond donors (Lipinski definition) is 1. The van der Waals surface area contributed by atoms with Crippen molar-refractivity contribution in [1.29, 1.82) is 0 Å². The van der Waals surface area contributed by atoms with E-state index in [0.29, 0.717) is 6.04 Å². The van der Waals surface area contributed by atoms with Gasteiger partial charge in [-0.05, 0) is 32.4 Å². The zero-order valence-electron chi connectivity index (χ0n) is 7.17. The third kappa shape index (κ3) is 1.25. The summed E-state index contributed by atoms with van der Waals surface area (Å²) in [6.07, 6.45) is 4.21. The van der Waals surface area contributed by atoms with Crippen LogP contribution in [0.4, 0.5) is 0 Å². The lowest BCUT2D eigenvalue weighted by molar-refractivity contribution is -0.140. The molecular formula is C9H13NO2. The Morgan fingerprint density at radius 3 is 3.00 bits per heavy atom. The van der Waals surface area contributed by atoms with E-state index < -0.39 is 0 Å². The summed E-state index contributed by atoms with van der Waals surface area (Å²) in [5.74, 6) is -0.159. The van der Waals surface area contributed by atoms with Crippen molar-refractivity contribution in [1.82, 2.24) is 5.32 Å². The van der Waals surface area contributed by atoms with Crippen LogP contribution in [0.25, 0.3) is 0 Å². The van der Waals surface area contributed by atoms with Gasteiger partial charge < -0.3 is 10.1 Å². The fraction of sp³-hybridized carbons (Fsp3) is 0.667. The van der Waals surface area contributed by atoms with Crippen molar-refractivity contribution >= 4 is 5.97 Å². The van der Waals surface area contributed by atoms with E-state index in [4.69, 9.17) is 4.74 Å². The van der Waals surface area contributed by atoms with Crippen LogP contribution < -0.4 is 5.32 Å². The number of cyclic esters (lactones) is 1. The molecule has 0 radical (unpaired) electrons. The number of carbonyl (C=O) groups is 1. The van der Waals surface area contributed by atoms with Crippen molar-refractivity contribution in [2.45, 2.75) is 31.9 Å². The van der Waals surface area contributed by atoms with Gasteiger partial charge in [0, 0.05) is 11.6 Å². The second-order valence-corrected chi connectivity index (χ2v) is 3.42. The molecule has 2 rings (SSSR count). The van der Waals surface area contributed by atoms with Crippen LogP contribution in [0.1, 0.15) is 19.8 Å². The minimum Gasteiger partial charge on any atom is -0.453 e. The molecule has 1 N–H and O–H groups in total. The molecule has 12 heavy (non-hydrogen) atoms. The molecule has 0 aromatic carbocycles. The second kappa shape index (κ2) is 2.90. The summed E-state index contributed by atoms with van der Waals surface area (Å²) in [4.78, 5) is 11.0. The van der Waals surface area contributed by atoms with E-state index in [2.05, 4.69) is 5.32 Å². The standard InChI is InChI=1S/C9H13NO2/c1-6-5-8(12-9(6)11)7-3-2-4-10-7/h5,7-8,10H,2-4H2,1H3/t7-,8-/m1/s1. The van der Waals surface area contributed by atoms with Crippen molar-refractivity contribution in [2.75, 3.05) is 6.54 Å². The summed E-state index contributed by atoms with van der Waals surface area (Å²) in [5.41, 5.74) is 0.744. The molecule has 0 spiro atoms. The Bertz CT molecular complexity index is 229. The van der Waals surface area contributed by atoms with Gasteiger partial charge in [0.05, 0.1) is 0 Å². The minimum absolute atomic E-state index is 0.0139. The van der Waals surface area contributed by atoms with Gasteiger partial charge in [-0.2, -0.15) is 0 Å². The van der Waals surface area contributed by atoms with Crippen LogP contribution in [0.3, 0.4) is 0 Å². The van der Waals surface area contributed by atoms with E-state index in [1.165, 1.54) is 6.42 Å². The van der Waals surface area contributed by atoms with E-state index >= 15 is 0 Å². The Morgan fingerprint density at radius 1 is 1.67 bits per heavy atom. The molecule has 2 atom stereocenters. The molecule has 0 bridgehead atoms. The predicted molar refractivity (Wildman–Crippen MR) is 44.7 cm³/mol. The zero-order valence-corrected chi connectivity index (χ0v) is 7.17. The average Bonchev–Trinajstić information content (AvgIpc) is 2.61. The summed E-state index contributed by atoms with van der Waals surface area (Å²) in [5, 5.41) is 3.32. The second-order valence-electron chi connectivity index (χ2n) is 3.42. The summed E-state index contributed by atoms with van der Waals surface area (Å²) in [6.45, 7) is 2.85. The monoisotopic (exact) mass is 167 g/mol. The first-order valence-corrected chi connectivity index (χ1v) is 4.40. The smallest absolute Gasteiger partial charge is 0.334 e. The van der Waals surface area contributed by atoms with Gasteiger partial charge in [0.1, 0.15) is 6.10 Å². The number of rotatable bonds is 1. The van der Waals surface area contributed by atoms with Crippen LogP contribution in [0.5, 0.6) is 0 Å². The first-order chi connectivity index (χ1) is 5.77. The van der Waals surface area contributed by atoms with Gasteiger partial charge in [-0.25, -0.2) is 4.79 Å². The number of nitrogens with one attached hydrogen (secondary N) is 1. The summed E-state index contributed by atoms with van der Waals surface area (Å²) in [6, 6.07) is 0.353. The third-order valence-electron chi connectivity index (χ3n) is 2.47. The SMILES string of the molecule is CC1=C[C@H]([C@H]2CCCN2)OC1=O. The molecule has 0 aromatic rings. The molecule has 66 valence electrons. The lowest BCUT2D eigenvalue weighted by Gasteiger charge is -2.15. The van der Waals surface area contributed by atoms with Crippen LogP contribution in [-0.4, -0.2) is 24.7 Å². The fourth-order valence-electron chi connectivity index (χ4n) is 1.76. The molecule has 0 unspecified atom stereocenters. The molecule has 3 heteroatoms. The van der Waals surface area contributed by atoms with Crippen molar-refractivity contribution in [3.05, 3.63) is 11.6 Å². The van der Waals surface area contributed by atoms with E-state index in [0.717, 1.165) is 18.5 Å². The van der Waals surface area contributed by atoms with Crippen molar-refractivity contribution in [2.24, 2.45) is 0 Å². The quantitative estimate of drug-likeness (QED) is 0.581. The molecule has 0 aromatic heterocycles. The maximum absolute atomic E-state index is 11.0. The van der Waals surface area contributed by atoms with E-state index in [-0.39, 0.29) is 12.1 Å². The van der Waals surface area contributed by atoms with Gasteiger partial charge in [-0.15, -0.1) is 0 Å². The molecule has 0 saturated carbocycles. The minimum atomic E-state index is -0.159. The normalized spacial score (nSPS) is 35.1. The molecule has 2 aliphatic rings. The Kier molecular flexibility index (Phi) is 1.89. The van der Waals surface area contributed by atoms with Crippen molar-refractivity contribution < 1.29 is 9.53 Å². The van der Waals surface area contributed by atoms with Gasteiger partial charge in [-0.1, -0.05) is 0 Å². The third-order valence-corrected chi connectivity index (χ3v) is 2.47. The first kappa shape index (κ1) is 7.80. The van der Waals surface area contributed by atoms with E-state index in [9.17, 15) is 4.79 Å². The lowest BCUT2D eigenvalue weighted by Crippen LogP contribution is -2.34. The largest absolute Gasteiger partial charge is 0.453 e. The molecule has 0 amide bonds. The topological polar surface area (TPSA) is 38.3 Å². The van der Waals surface area contributed by atoms with Gasteiger partial charge in [-0.3, -0.25) is 0 Å². The Labute approximate surface area is 71.8 Å². The van der Waals surface area contributed by atoms with Gasteiger partial charge >= 0.3 is 5.97 Å². The Hall–Kier alpha value is -0.830. The van der Waals surface area contributed by atoms with Crippen molar-refractivity contribution in [3.8, 4) is 0 Å². The number of hydrogen-bond acceptors (Lipinski definition) is 3. The van der Waals surface area contributed by atoms with E-state index in [1.54, 1.807) is 6.92 Å². The maximum Gasteiger partial charge on any atom is 0.334 e. The molecule has 1 saturated heterocycles. The highest BCUT2D eigenvalue weighted by Gasteiger charge is 2.31. The molecule has 0 aliphatic carbocycles. The van der Waals surface area contributed by atoms with E-state index in [1.807, 2.05) is 6.08 Å². The molecule has 3 nitrogen and oxygen atoms in total.